The van der Waals surface area contributed by atoms with Gasteiger partial charge in [0, 0.05) is 11.9 Å². The Labute approximate surface area is 189 Å². The molecule has 4 nitrogen and oxygen atoms in total. The van der Waals surface area contributed by atoms with E-state index >= 15 is 0 Å². The van der Waals surface area contributed by atoms with Gasteiger partial charge in [-0.25, -0.2) is 0 Å². The zero-order valence-corrected chi connectivity index (χ0v) is 19.8. The average molecular weight is 454 g/mol. The van der Waals surface area contributed by atoms with E-state index in [1.54, 1.807) is 0 Å². The maximum Gasteiger partial charge on any atom is 4.00 e. The molecule has 2 fully saturated rings. The molecule has 0 aromatic heterocycles. The standard InChI is InChI=1S/C11H20O2.C10H18O2.2V/c1-2-9-3-5-10(6-4-9)7-8-11(12)13;1-2-8-3-4-9(7-8)5-6-10(11)12;;/h9-10H,2-8H2,1H3,(H,12,13);8-9H,2-7H2,1H3,(H,11,12);;/q;;2*+4/p-2. The van der Waals surface area contributed by atoms with Gasteiger partial charge < -0.3 is 19.8 Å². The summed E-state index contributed by atoms with van der Waals surface area (Å²) in [5.41, 5.74) is 0. The minimum atomic E-state index is -0.894. The Morgan fingerprint density at radius 1 is 0.667 bits per heavy atom. The predicted octanol–water partition coefficient (Wildman–Crippen LogP) is 3.07. The molecule has 0 bridgehead atoms. The Morgan fingerprint density at radius 3 is 1.44 bits per heavy atom. The SMILES string of the molecule is CCC1CCC(CCC(=O)[O-])C1.CCC1CCC(CCC(=O)[O-])CC1.[V+4].[V+4]. The molecule has 27 heavy (non-hydrogen) atoms. The number of hydrogen-bond acceptors (Lipinski definition) is 4. The number of rotatable bonds is 8. The van der Waals surface area contributed by atoms with Gasteiger partial charge in [-0.2, -0.15) is 0 Å². The first-order chi connectivity index (χ1) is 11.9. The molecular formula is C21H36O4V2+6. The first-order valence-corrected chi connectivity index (χ1v) is 10.3. The molecule has 2 rings (SSSR count). The predicted molar refractivity (Wildman–Crippen MR) is 95.3 cm³/mol. The number of carbonyl (C=O) groups excluding carboxylic acids is 2. The van der Waals surface area contributed by atoms with Crippen LogP contribution in [-0.2, 0) is 46.7 Å². The number of hydrogen-bond donors (Lipinski definition) is 0. The molecule has 0 aromatic carbocycles. The van der Waals surface area contributed by atoms with Gasteiger partial charge in [0.1, 0.15) is 0 Å². The summed E-state index contributed by atoms with van der Waals surface area (Å²) >= 11 is 0. The summed E-state index contributed by atoms with van der Waals surface area (Å²) < 4.78 is 0. The summed E-state index contributed by atoms with van der Waals surface area (Å²) in [4.78, 5) is 20.4. The van der Waals surface area contributed by atoms with E-state index in [0.29, 0.717) is 11.8 Å². The minimum absolute atomic E-state index is 0. The summed E-state index contributed by atoms with van der Waals surface area (Å²) in [5.74, 6) is 1.29. The molecule has 2 atom stereocenters. The third kappa shape index (κ3) is 13.8. The van der Waals surface area contributed by atoms with Crippen molar-refractivity contribution in [1.29, 1.82) is 0 Å². The molecule has 0 heterocycles. The van der Waals surface area contributed by atoms with Gasteiger partial charge in [-0.1, -0.05) is 65.2 Å². The fourth-order valence-corrected chi connectivity index (χ4v) is 4.38. The van der Waals surface area contributed by atoms with Crippen molar-refractivity contribution in [3.8, 4) is 0 Å². The maximum atomic E-state index is 10.3. The van der Waals surface area contributed by atoms with Crippen LogP contribution in [0.15, 0.2) is 0 Å². The molecule has 0 spiro atoms. The van der Waals surface area contributed by atoms with Crippen molar-refractivity contribution in [1.82, 2.24) is 0 Å². The van der Waals surface area contributed by atoms with Crippen LogP contribution in [0.1, 0.15) is 97.3 Å². The first-order valence-electron chi connectivity index (χ1n) is 10.3. The van der Waals surface area contributed by atoms with Crippen LogP contribution in [0.25, 0.3) is 0 Å². The largest absolute Gasteiger partial charge is 4.00 e. The molecule has 2 aliphatic rings. The van der Waals surface area contributed by atoms with Gasteiger partial charge in [0.2, 0.25) is 0 Å². The van der Waals surface area contributed by atoms with Crippen LogP contribution in [0, 0.1) is 23.7 Å². The summed E-state index contributed by atoms with van der Waals surface area (Å²) in [7, 11) is 0. The van der Waals surface area contributed by atoms with E-state index in [1.807, 2.05) is 0 Å². The quantitative estimate of drug-likeness (QED) is 0.565. The second kappa shape index (κ2) is 17.0. The van der Waals surface area contributed by atoms with Crippen molar-refractivity contribution in [2.45, 2.75) is 97.3 Å². The molecule has 2 unspecified atom stereocenters. The fourth-order valence-electron chi connectivity index (χ4n) is 4.38. The molecule has 2 saturated carbocycles. The number of carboxylic acid groups (broad SMARTS) is 2. The number of carbonyl (C=O) groups is 2. The topological polar surface area (TPSA) is 80.3 Å². The van der Waals surface area contributed by atoms with Gasteiger partial charge >= 0.3 is 37.1 Å². The summed E-state index contributed by atoms with van der Waals surface area (Å²) in [5, 5.41) is 20.4. The Kier molecular flexibility index (Phi) is 18.5. The van der Waals surface area contributed by atoms with Gasteiger partial charge in [-0.3, -0.25) is 0 Å². The number of aliphatic carboxylic acids is 2. The van der Waals surface area contributed by atoms with E-state index < -0.39 is 11.9 Å². The Morgan fingerprint density at radius 2 is 1.04 bits per heavy atom. The zero-order valence-electron chi connectivity index (χ0n) is 17.0. The molecule has 0 amide bonds. The molecule has 6 heteroatoms. The maximum absolute atomic E-state index is 10.3. The van der Waals surface area contributed by atoms with Crippen molar-refractivity contribution < 1.29 is 56.9 Å². The van der Waals surface area contributed by atoms with Crippen molar-refractivity contribution in [3.05, 3.63) is 0 Å². The van der Waals surface area contributed by atoms with Crippen LogP contribution in [0.2, 0.25) is 0 Å². The molecule has 2 aliphatic carbocycles. The van der Waals surface area contributed by atoms with E-state index in [1.165, 1.54) is 57.8 Å². The molecule has 0 N–H and O–H groups in total. The van der Waals surface area contributed by atoms with Crippen LogP contribution >= 0.6 is 0 Å². The van der Waals surface area contributed by atoms with Crippen LogP contribution < -0.4 is 10.2 Å². The van der Waals surface area contributed by atoms with Crippen LogP contribution in [0.5, 0.6) is 0 Å². The molecule has 148 valence electrons. The molecule has 2 radical (unpaired) electrons. The van der Waals surface area contributed by atoms with E-state index in [-0.39, 0.29) is 50.0 Å². The van der Waals surface area contributed by atoms with E-state index in [0.717, 1.165) is 24.7 Å². The van der Waals surface area contributed by atoms with Crippen LogP contribution in [-0.4, -0.2) is 11.9 Å². The van der Waals surface area contributed by atoms with Gasteiger partial charge in [0.15, 0.2) is 0 Å². The second-order valence-electron chi connectivity index (χ2n) is 8.07. The van der Waals surface area contributed by atoms with Crippen molar-refractivity contribution in [2.24, 2.45) is 23.7 Å². The van der Waals surface area contributed by atoms with E-state index in [4.69, 9.17) is 0 Å². The Hall–Kier alpha value is 0.109. The van der Waals surface area contributed by atoms with Crippen LogP contribution in [0.4, 0.5) is 0 Å². The fraction of sp³-hybridized carbons (Fsp3) is 0.905. The smallest absolute Gasteiger partial charge is 0.550 e. The molecular weight excluding hydrogens is 418 g/mol. The summed E-state index contributed by atoms with van der Waals surface area (Å²) in [6, 6.07) is 0. The average Bonchev–Trinajstić information content (AvgIpc) is 3.07. The Balaban J connectivity index is 0. The van der Waals surface area contributed by atoms with Gasteiger partial charge in [-0.15, -0.1) is 0 Å². The van der Waals surface area contributed by atoms with Gasteiger partial charge in [-0.05, 0) is 55.8 Å². The molecule has 0 aromatic rings. The minimum Gasteiger partial charge on any atom is -0.550 e. The molecule has 0 aliphatic heterocycles. The third-order valence-corrected chi connectivity index (χ3v) is 6.28. The van der Waals surface area contributed by atoms with Crippen molar-refractivity contribution in [2.75, 3.05) is 0 Å². The van der Waals surface area contributed by atoms with Gasteiger partial charge in [0.05, 0.1) is 0 Å². The zero-order chi connectivity index (χ0) is 18.7. The molecule has 0 saturated heterocycles. The summed E-state index contributed by atoms with van der Waals surface area (Å²) in [6.07, 6.45) is 13.5. The normalized spacial score (nSPS) is 26.7. The van der Waals surface area contributed by atoms with Crippen molar-refractivity contribution >= 4 is 11.9 Å². The Bertz CT molecular complexity index is 396. The van der Waals surface area contributed by atoms with E-state index in [9.17, 15) is 19.8 Å². The summed E-state index contributed by atoms with van der Waals surface area (Å²) in [6.45, 7) is 4.46. The first kappa shape index (κ1) is 29.3. The second-order valence-corrected chi connectivity index (χ2v) is 8.07. The van der Waals surface area contributed by atoms with Crippen LogP contribution in [0.3, 0.4) is 0 Å². The number of carboxylic acids is 2. The van der Waals surface area contributed by atoms with Crippen molar-refractivity contribution in [3.63, 3.8) is 0 Å². The monoisotopic (exact) mass is 454 g/mol. The van der Waals surface area contributed by atoms with E-state index in [2.05, 4.69) is 13.8 Å². The van der Waals surface area contributed by atoms with Gasteiger partial charge in [0.25, 0.3) is 0 Å². The third-order valence-electron chi connectivity index (χ3n) is 6.28.